The van der Waals surface area contributed by atoms with E-state index in [4.69, 9.17) is 0 Å². The van der Waals surface area contributed by atoms with E-state index in [1.807, 2.05) is 18.3 Å². The lowest BCUT2D eigenvalue weighted by Crippen LogP contribution is -2.31. The molecule has 0 saturated heterocycles. The van der Waals surface area contributed by atoms with Crippen molar-refractivity contribution in [3.05, 3.63) is 65.7 Å². The lowest BCUT2D eigenvalue weighted by molar-refractivity contribution is 0.628. The maximum Gasteiger partial charge on any atom is 0.0671 e. The summed E-state index contributed by atoms with van der Waals surface area (Å²) in [5, 5.41) is 3.54. The molecule has 2 heteroatoms. The Morgan fingerprint density at radius 3 is 2.67 bits per heavy atom. The summed E-state index contributed by atoms with van der Waals surface area (Å²) in [7, 11) is 0. The minimum atomic E-state index is 0.305. The molecule has 90 valence electrons. The van der Waals surface area contributed by atoms with Crippen LogP contribution in [0, 0.1) is 0 Å². The molecule has 1 aliphatic heterocycles. The number of rotatable bonds is 2. The van der Waals surface area contributed by atoms with Gasteiger partial charge in [0.2, 0.25) is 0 Å². The molecule has 1 unspecified atom stereocenters. The fourth-order valence-electron chi connectivity index (χ4n) is 2.24. The van der Waals surface area contributed by atoms with Crippen LogP contribution in [0.2, 0.25) is 0 Å². The number of nitrogens with zero attached hydrogens (tertiary/aromatic N) is 1. The predicted molar refractivity (Wildman–Crippen MR) is 75.4 cm³/mol. The fourth-order valence-corrected chi connectivity index (χ4v) is 2.24. The first-order valence-electron chi connectivity index (χ1n) is 6.31. The number of hydrogen-bond donors (Lipinski definition) is 1. The first-order valence-corrected chi connectivity index (χ1v) is 6.31. The van der Waals surface area contributed by atoms with Gasteiger partial charge in [0.25, 0.3) is 0 Å². The summed E-state index contributed by atoms with van der Waals surface area (Å²) < 4.78 is 0. The molecule has 3 rings (SSSR count). The normalized spacial score (nSPS) is 18.1. The van der Waals surface area contributed by atoms with Crippen molar-refractivity contribution in [1.29, 1.82) is 0 Å². The molecule has 0 aromatic heterocycles. The fraction of sp³-hybridized carbons (Fsp3) is 0.188. The molecule has 0 radical (unpaired) electrons. The zero-order chi connectivity index (χ0) is 12.2. The quantitative estimate of drug-likeness (QED) is 0.851. The van der Waals surface area contributed by atoms with Crippen LogP contribution in [-0.2, 0) is 13.0 Å². The lowest BCUT2D eigenvalue weighted by Gasteiger charge is -2.12. The van der Waals surface area contributed by atoms with Crippen molar-refractivity contribution < 1.29 is 0 Å². The van der Waals surface area contributed by atoms with Crippen molar-refractivity contribution in [2.75, 3.05) is 0 Å². The molecule has 0 spiro atoms. The molecule has 1 atom stereocenters. The summed E-state index contributed by atoms with van der Waals surface area (Å²) in [6.07, 6.45) is 3.01. The number of aliphatic imine (C=N–C) groups is 1. The van der Waals surface area contributed by atoms with Crippen LogP contribution in [-0.4, -0.2) is 12.3 Å². The molecule has 0 amide bonds. The van der Waals surface area contributed by atoms with Crippen molar-refractivity contribution in [3.8, 4) is 0 Å². The topological polar surface area (TPSA) is 24.4 Å². The van der Waals surface area contributed by atoms with Gasteiger partial charge in [-0.1, -0.05) is 48.5 Å². The first-order chi connectivity index (χ1) is 8.92. The van der Waals surface area contributed by atoms with Crippen molar-refractivity contribution >= 4 is 11.9 Å². The summed E-state index contributed by atoms with van der Waals surface area (Å²) in [6.45, 7) is 0.883. The van der Waals surface area contributed by atoms with Gasteiger partial charge in [0.05, 0.1) is 5.69 Å². The minimum Gasteiger partial charge on any atom is -0.305 e. The number of para-hydroxylation sites is 1. The van der Waals surface area contributed by atoms with Gasteiger partial charge in [-0.15, -0.1) is 0 Å². The zero-order valence-corrected chi connectivity index (χ0v) is 10.2. The Morgan fingerprint density at radius 1 is 1.00 bits per heavy atom. The van der Waals surface area contributed by atoms with Crippen LogP contribution in [0.4, 0.5) is 5.69 Å². The molecule has 0 saturated carbocycles. The van der Waals surface area contributed by atoms with E-state index in [-0.39, 0.29) is 0 Å². The summed E-state index contributed by atoms with van der Waals surface area (Å²) in [4.78, 5) is 4.58. The van der Waals surface area contributed by atoms with Crippen LogP contribution >= 0.6 is 0 Å². The van der Waals surface area contributed by atoms with E-state index >= 15 is 0 Å². The predicted octanol–water partition coefficient (Wildman–Crippen LogP) is 3.10. The van der Waals surface area contributed by atoms with Crippen molar-refractivity contribution in [2.24, 2.45) is 4.99 Å². The Kier molecular flexibility index (Phi) is 3.20. The molecule has 18 heavy (non-hydrogen) atoms. The molecule has 2 aromatic carbocycles. The van der Waals surface area contributed by atoms with Crippen LogP contribution in [0.1, 0.15) is 11.1 Å². The second-order valence-corrected chi connectivity index (χ2v) is 4.58. The molecule has 0 aliphatic carbocycles. The van der Waals surface area contributed by atoms with E-state index in [2.05, 4.69) is 52.8 Å². The van der Waals surface area contributed by atoms with Crippen LogP contribution in [0.15, 0.2) is 59.6 Å². The average Bonchev–Trinajstić information content (AvgIpc) is 2.63. The third kappa shape index (κ3) is 2.49. The van der Waals surface area contributed by atoms with Crippen molar-refractivity contribution in [3.63, 3.8) is 0 Å². The highest BCUT2D eigenvalue weighted by Gasteiger charge is 2.11. The summed E-state index contributed by atoms with van der Waals surface area (Å²) in [6, 6.07) is 19.1. The summed E-state index contributed by atoms with van der Waals surface area (Å²) in [5.74, 6) is 0. The largest absolute Gasteiger partial charge is 0.305 e. The van der Waals surface area contributed by atoms with Gasteiger partial charge in [-0.25, -0.2) is 0 Å². The Labute approximate surface area is 107 Å². The van der Waals surface area contributed by atoms with Crippen molar-refractivity contribution in [2.45, 2.75) is 19.0 Å². The van der Waals surface area contributed by atoms with Gasteiger partial charge in [0, 0.05) is 18.8 Å². The number of nitrogens with one attached hydrogen (secondary N) is 1. The first kappa shape index (κ1) is 11.2. The summed E-state index contributed by atoms with van der Waals surface area (Å²) >= 11 is 0. The Hall–Kier alpha value is -1.93. The Balaban J connectivity index is 1.75. The molecule has 0 bridgehead atoms. The molecule has 1 heterocycles. The number of benzene rings is 2. The van der Waals surface area contributed by atoms with E-state index in [9.17, 15) is 0 Å². The molecule has 1 aliphatic rings. The Morgan fingerprint density at radius 2 is 1.78 bits per heavy atom. The smallest absolute Gasteiger partial charge is 0.0671 e. The SMILES string of the molecule is C1=Nc2ccccc2CNC1Cc1ccccc1. The second kappa shape index (κ2) is 5.15. The van der Waals surface area contributed by atoms with Gasteiger partial charge < -0.3 is 5.32 Å². The average molecular weight is 236 g/mol. The standard InChI is InChI=1S/C16H16N2/c1-2-6-13(7-3-1)10-15-12-18-16-9-5-4-8-14(16)11-17-15/h1-9,12,15,17H,10-11H2. The third-order valence-electron chi connectivity index (χ3n) is 3.24. The highest BCUT2D eigenvalue weighted by molar-refractivity contribution is 5.71. The van der Waals surface area contributed by atoms with Crippen LogP contribution < -0.4 is 5.32 Å². The van der Waals surface area contributed by atoms with Crippen LogP contribution in [0.5, 0.6) is 0 Å². The van der Waals surface area contributed by atoms with E-state index in [1.54, 1.807) is 0 Å². The van der Waals surface area contributed by atoms with E-state index in [0.717, 1.165) is 18.7 Å². The molecule has 1 N–H and O–H groups in total. The number of hydrogen-bond acceptors (Lipinski definition) is 2. The molecule has 2 nitrogen and oxygen atoms in total. The lowest BCUT2D eigenvalue weighted by atomic mass is 10.1. The molecule has 2 aromatic rings. The van der Waals surface area contributed by atoms with Gasteiger partial charge >= 0.3 is 0 Å². The highest BCUT2D eigenvalue weighted by Crippen LogP contribution is 2.20. The zero-order valence-electron chi connectivity index (χ0n) is 10.2. The van der Waals surface area contributed by atoms with Gasteiger partial charge in [-0.2, -0.15) is 0 Å². The van der Waals surface area contributed by atoms with Gasteiger partial charge in [0.1, 0.15) is 0 Å². The van der Waals surface area contributed by atoms with Gasteiger partial charge in [-0.3, -0.25) is 4.99 Å². The monoisotopic (exact) mass is 236 g/mol. The second-order valence-electron chi connectivity index (χ2n) is 4.58. The highest BCUT2D eigenvalue weighted by atomic mass is 14.9. The van der Waals surface area contributed by atoms with Crippen molar-refractivity contribution in [1.82, 2.24) is 5.32 Å². The van der Waals surface area contributed by atoms with Crippen LogP contribution in [0.25, 0.3) is 0 Å². The maximum atomic E-state index is 4.58. The third-order valence-corrected chi connectivity index (χ3v) is 3.24. The van der Waals surface area contributed by atoms with Gasteiger partial charge in [-0.05, 0) is 23.6 Å². The van der Waals surface area contributed by atoms with E-state index < -0.39 is 0 Å². The van der Waals surface area contributed by atoms with Gasteiger partial charge in [0.15, 0.2) is 0 Å². The summed E-state index contributed by atoms with van der Waals surface area (Å²) in [5.41, 5.74) is 3.69. The minimum absolute atomic E-state index is 0.305. The Bertz CT molecular complexity index is 546. The van der Waals surface area contributed by atoms with E-state index in [1.165, 1.54) is 11.1 Å². The molecular weight excluding hydrogens is 220 g/mol. The molecular formula is C16H16N2. The van der Waals surface area contributed by atoms with Crippen LogP contribution in [0.3, 0.4) is 0 Å². The maximum absolute atomic E-state index is 4.58. The van der Waals surface area contributed by atoms with E-state index in [0.29, 0.717) is 6.04 Å². The molecule has 0 fully saturated rings. The number of fused-ring (bicyclic) bond motifs is 1.